The highest BCUT2D eigenvalue weighted by molar-refractivity contribution is 5.75. The van der Waals surface area contributed by atoms with E-state index < -0.39 is 0 Å². The van der Waals surface area contributed by atoms with Gasteiger partial charge in [0.05, 0.1) is 7.11 Å². The lowest BCUT2D eigenvalue weighted by Gasteiger charge is -2.09. The predicted molar refractivity (Wildman–Crippen MR) is 86.2 cm³/mol. The smallest absolute Gasteiger partial charge is 0.226 e. The molecule has 1 amide bonds. The molecule has 6 nitrogen and oxygen atoms in total. The molecule has 0 saturated heterocycles. The molecule has 0 unspecified atom stereocenters. The molecule has 1 N–H and O–H groups in total. The van der Waals surface area contributed by atoms with Crippen molar-refractivity contribution in [1.29, 1.82) is 0 Å². The van der Waals surface area contributed by atoms with Crippen molar-refractivity contribution in [2.24, 2.45) is 0 Å². The quantitative estimate of drug-likeness (QED) is 0.810. The van der Waals surface area contributed by atoms with Gasteiger partial charge in [-0.15, -0.1) is 0 Å². The van der Waals surface area contributed by atoms with Gasteiger partial charge >= 0.3 is 0 Å². The van der Waals surface area contributed by atoms with Gasteiger partial charge in [0.2, 0.25) is 11.8 Å². The van der Waals surface area contributed by atoms with Crippen molar-refractivity contribution in [3.05, 3.63) is 41.5 Å². The number of nitrogens with zero attached hydrogens (tertiary/aromatic N) is 2. The molecule has 0 aliphatic heterocycles. The highest BCUT2D eigenvalue weighted by Gasteiger charge is 2.10. The molecule has 2 aromatic rings. The number of aryl methyl sites for hydroxylation is 1. The third-order valence-corrected chi connectivity index (χ3v) is 3.46. The number of para-hydroxylation sites is 1. The third-order valence-electron chi connectivity index (χ3n) is 3.46. The summed E-state index contributed by atoms with van der Waals surface area (Å²) in [4.78, 5) is 16.2. The fraction of sp³-hybridized carbons (Fsp3) is 0.471. The van der Waals surface area contributed by atoms with Gasteiger partial charge in [-0.1, -0.05) is 37.2 Å². The molecule has 0 spiro atoms. The van der Waals surface area contributed by atoms with Crippen LogP contribution >= 0.6 is 0 Å². The second kappa shape index (κ2) is 8.31. The SMILES string of the molecule is COc1ccccc1CNC(=O)CCCc1nc(C(C)C)no1. The van der Waals surface area contributed by atoms with E-state index in [1.165, 1.54) is 0 Å². The molecular formula is C17H23N3O3. The summed E-state index contributed by atoms with van der Waals surface area (Å²) in [6.45, 7) is 4.49. The monoisotopic (exact) mass is 317 g/mol. The molecule has 1 aromatic carbocycles. The first-order valence-electron chi connectivity index (χ1n) is 7.81. The lowest BCUT2D eigenvalue weighted by atomic mass is 10.2. The Morgan fingerprint density at radius 1 is 1.35 bits per heavy atom. The minimum absolute atomic E-state index is 0.000459. The molecule has 6 heteroatoms. The Bertz CT molecular complexity index is 638. The molecule has 124 valence electrons. The van der Waals surface area contributed by atoms with Gasteiger partial charge < -0.3 is 14.6 Å². The lowest BCUT2D eigenvalue weighted by molar-refractivity contribution is -0.121. The molecule has 0 radical (unpaired) electrons. The Hall–Kier alpha value is -2.37. The molecule has 0 fully saturated rings. The highest BCUT2D eigenvalue weighted by Crippen LogP contribution is 2.16. The van der Waals surface area contributed by atoms with Crippen molar-refractivity contribution in [3.8, 4) is 5.75 Å². The average Bonchev–Trinajstić information content (AvgIpc) is 3.02. The Morgan fingerprint density at radius 3 is 2.83 bits per heavy atom. The number of hydrogen-bond acceptors (Lipinski definition) is 5. The molecule has 0 atom stereocenters. The van der Waals surface area contributed by atoms with Gasteiger partial charge in [-0.2, -0.15) is 4.98 Å². The number of carbonyl (C=O) groups is 1. The van der Waals surface area contributed by atoms with Crippen LogP contribution in [0.15, 0.2) is 28.8 Å². The van der Waals surface area contributed by atoms with Crippen LogP contribution in [0.2, 0.25) is 0 Å². The van der Waals surface area contributed by atoms with Gasteiger partial charge in [0.1, 0.15) is 5.75 Å². The first-order chi connectivity index (χ1) is 11.1. The van der Waals surface area contributed by atoms with E-state index in [-0.39, 0.29) is 11.8 Å². The van der Waals surface area contributed by atoms with Gasteiger partial charge in [0, 0.05) is 30.9 Å². The third kappa shape index (κ3) is 5.09. The Morgan fingerprint density at radius 2 is 2.13 bits per heavy atom. The number of nitrogens with one attached hydrogen (secondary N) is 1. The minimum Gasteiger partial charge on any atom is -0.496 e. The van der Waals surface area contributed by atoms with Crippen LogP contribution in [-0.4, -0.2) is 23.2 Å². The molecule has 2 rings (SSSR count). The van der Waals surface area contributed by atoms with Crippen LogP contribution in [0, 0.1) is 0 Å². The topological polar surface area (TPSA) is 77.2 Å². The molecule has 0 bridgehead atoms. The van der Waals surface area contributed by atoms with E-state index in [4.69, 9.17) is 9.26 Å². The number of methoxy groups -OCH3 is 1. The van der Waals surface area contributed by atoms with Gasteiger partial charge in [-0.3, -0.25) is 4.79 Å². The summed E-state index contributed by atoms with van der Waals surface area (Å²) in [5.74, 6) is 2.32. The van der Waals surface area contributed by atoms with E-state index in [0.29, 0.717) is 37.5 Å². The standard InChI is InChI=1S/C17H23N3O3/c1-12(2)17-19-16(23-20-17)10-6-9-15(21)18-11-13-7-4-5-8-14(13)22-3/h4-5,7-8,12H,6,9-11H2,1-3H3,(H,18,21). The normalized spacial score (nSPS) is 10.8. The second-order valence-electron chi connectivity index (χ2n) is 5.64. The number of ether oxygens (including phenoxy) is 1. The minimum atomic E-state index is -0.000459. The number of amides is 1. The van der Waals surface area contributed by atoms with Crippen LogP contribution in [0.1, 0.15) is 49.9 Å². The summed E-state index contributed by atoms with van der Waals surface area (Å²) < 4.78 is 10.4. The molecule has 0 saturated carbocycles. The molecule has 1 aromatic heterocycles. The molecular weight excluding hydrogens is 294 g/mol. The second-order valence-corrected chi connectivity index (χ2v) is 5.64. The first kappa shape index (κ1) is 17.0. The van der Waals surface area contributed by atoms with E-state index in [2.05, 4.69) is 15.5 Å². The number of aromatic nitrogens is 2. The van der Waals surface area contributed by atoms with Crippen molar-refractivity contribution in [2.75, 3.05) is 7.11 Å². The molecule has 0 aliphatic rings. The van der Waals surface area contributed by atoms with Crippen molar-refractivity contribution >= 4 is 5.91 Å². The summed E-state index contributed by atoms with van der Waals surface area (Å²) in [5.41, 5.74) is 0.960. The Balaban J connectivity index is 1.72. The van der Waals surface area contributed by atoms with Crippen LogP contribution in [0.5, 0.6) is 5.75 Å². The zero-order valence-corrected chi connectivity index (χ0v) is 13.8. The van der Waals surface area contributed by atoms with Gasteiger partial charge in [0.25, 0.3) is 0 Å². The van der Waals surface area contributed by atoms with Crippen molar-refractivity contribution in [1.82, 2.24) is 15.5 Å². The number of carbonyl (C=O) groups excluding carboxylic acids is 1. The predicted octanol–water partition coefficient (Wildman–Crippen LogP) is 2.84. The van der Waals surface area contributed by atoms with E-state index in [9.17, 15) is 4.79 Å². The first-order valence-corrected chi connectivity index (χ1v) is 7.81. The summed E-state index contributed by atoms with van der Waals surface area (Å²) in [6, 6.07) is 7.64. The van der Waals surface area contributed by atoms with Gasteiger partial charge in [0.15, 0.2) is 5.82 Å². The zero-order valence-electron chi connectivity index (χ0n) is 13.8. The van der Waals surface area contributed by atoms with E-state index in [1.807, 2.05) is 38.1 Å². The molecule has 0 aliphatic carbocycles. The summed E-state index contributed by atoms with van der Waals surface area (Å²) in [5, 5.41) is 6.81. The summed E-state index contributed by atoms with van der Waals surface area (Å²) >= 11 is 0. The van der Waals surface area contributed by atoms with Crippen molar-refractivity contribution in [3.63, 3.8) is 0 Å². The van der Waals surface area contributed by atoms with E-state index in [0.717, 1.165) is 11.3 Å². The summed E-state index contributed by atoms with van der Waals surface area (Å²) in [6.07, 6.45) is 1.72. The molecule has 23 heavy (non-hydrogen) atoms. The number of rotatable bonds is 8. The largest absolute Gasteiger partial charge is 0.496 e. The average molecular weight is 317 g/mol. The number of benzene rings is 1. The fourth-order valence-corrected chi connectivity index (χ4v) is 2.14. The van der Waals surface area contributed by atoms with Crippen molar-refractivity contribution < 1.29 is 14.1 Å². The van der Waals surface area contributed by atoms with Crippen LogP contribution in [-0.2, 0) is 17.8 Å². The number of hydrogen-bond donors (Lipinski definition) is 1. The van der Waals surface area contributed by atoms with E-state index in [1.54, 1.807) is 7.11 Å². The van der Waals surface area contributed by atoms with Crippen LogP contribution in [0.3, 0.4) is 0 Å². The zero-order chi connectivity index (χ0) is 16.7. The highest BCUT2D eigenvalue weighted by atomic mass is 16.5. The van der Waals surface area contributed by atoms with Crippen molar-refractivity contribution in [2.45, 2.75) is 45.6 Å². The molecule has 1 heterocycles. The maximum atomic E-state index is 11.9. The maximum Gasteiger partial charge on any atom is 0.226 e. The van der Waals surface area contributed by atoms with Crippen LogP contribution in [0.25, 0.3) is 0 Å². The maximum absolute atomic E-state index is 11.9. The Kier molecular flexibility index (Phi) is 6.14. The van der Waals surface area contributed by atoms with Gasteiger partial charge in [-0.05, 0) is 12.5 Å². The Labute approximate surface area is 136 Å². The summed E-state index contributed by atoms with van der Waals surface area (Å²) in [7, 11) is 1.62. The van der Waals surface area contributed by atoms with E-state index >= 15 is 0 Å². The lowest BCUT2D eigenvalue weighted by Crippen LogP contribution is -2.22. The van der Waals surface area contributed by atoms with Gasteiger partial charge in [-0.25, -0.2) is 0 Å². The fourth-order valence-electron chi connectivity index (χ4n) is 2.14. The van der Waals surface area contributed by atoms with Crippen LogP contribution < -0.4 is 10.1 Å². The van der Waals surface area contributed by atoms with Crippen LogP contribution in [0.4, 0.5) is 0 Å².